The number of allylic oxidation sites excluding steroid dienone is 1. The predicted molar refractivity (Wildman–Crippen MR) is 29.0 cm³/mol. The van der Waals surface area contributed by atoms with Gasteiger partial charge in [0.1, 0.15) is 5.76 Å². The molecule has 2 heteroatoms. The van der Waals surface area contributed by atoms with Crippen LogP contribution in [0.25, 0.3) is 0 Å². The number of hydrogen-bond donors (Lipinski definition) is 0. The Morgan fingerprint density at radius 2 is 2.38 bits per heavy atom. The zero-order valence-corrected chi connectivity index (χ0v) is 4.97. The summed E-state index contributed by atoms with van der Waals surface area (Å²) >= 11 is 0. The second kappa shape index (κ2) is 1.62. The zero-order chi connectivity index (χ0) is 6.15. The number of carbonyl (C=O) groups excluding carboxylic acids is 1. The maximum Gasteiger partial charge on any atom is 0.317 e. The molecule has 1 atom stereocenters. The lowest BCUT2D eigenvalue weighted by atomic mass is 10.2. The van der Waals surface area contributed by atoms with Gasteiger partial charge in [-0.05, 0) is 19.9 Å². The SMILES string of the molecule is CC1=C[C@@H](C)C(=O)O1. The summed E-state index contributed by atoms with van der Waals surface area (Å²) < 4.78 is 4.70. The lowest BCUT2D eigenvalue weighted by molar-refractivity contribution is -0.139. The number of esters is 1. The average Bonchev–Trinajstić information content (AvgIpc) is 1.85. The van der Waals surface area contributed by atoms with E-state index in [0.717, 1.165) is 5.76 Å². The van der Waals surface area contributed by atoms with Crippen LogP contribution in [0.4, 0.5) is 0 Å². The summed E-state index contributed by atoms with van der Waals surface area (Å²) in [7, 11) is 0. The third-order valence-electron chi connectivity index (χ3n) is 1.12. The average molecular weight is 112 g/mol. The molecule has 44 valence electrons. The molecule has 0 radical (unpaired) electrons. The minimum Gasteiger partial charge on any atom is -0.431 e. The van der Waals surface area contributed by atoms with Gasteiger partial charge in [0, 0.05) is 0 Å². The number of rotatable bonds is 0. The van der Waals surface area contributed by atoms with Crippen LogP contribution >= 0.6 is 0 Å². The Morgan fingerprint density at radius 3 is 2.50 bits per heavy atom. The molecule has 0 aromatic carbocycles. The van der Waals surface area contributed by atoms with E-state index in [1.807, 2.05) is 13.0 Å². The highest BCUT2D eigenvalue weighted by atomic mass is 16.5. The van der Waals surface area contributed by atoms with Crippen molar-refractivity contribution in [2.45, 2.75) is 13.8 Å². The summed E-state index contributed by atoms with van der Waals surface area (Å²) in [6, 6.07) is 0. The molecule has 0 fully saturated rings. The van der Waals surface area contributed by atoms with Crippen LogP contribution in [-0.4, -0.2) is 5.97 Å². The molecule has 8 heavy (non-hydrogen) atoms. The summed E-state index contributed by atoms with van der Waals surface area (Å²) in [5.41, 5.74) is 0. The zero-order valence-electron chi connectivity index (χ0n) is 4.97. The molecule has 0 N–H and O–H groups in total. The van der Waals surface area contributed by atoms with Crippen molar-refractivity contribution >= 4 is 5.97 Å². The number of ether oxygens (including phenoxy) is 1. The first-order chi connectivity index (χ1) is 3.70. The lowest BCUT2D eigenvalue weighted by Gasteiger charge is -1.91. The van der Waals surface area contributed by atoms with Gasteiger partial charge in [0.05, 0.1) is 5.92 Å². The summed E-state index contributed by atoms with van der Waals surface area (Å²) in [4.78, 5) is 10.5. The van der Waals surface area contributed by atoms with Crippen molar-refractivity contribution in [3.63, 3.8) is 0 Å². The molecule has 2 nitrogen and oxygen atoms in total. The van der Waals surface area contributed by atoms with Crippen molar-refractivity contribution in [2.75, 3.05) is 0 Å². The third-order valence-corrected chi connectivity index (χ3v) is 1.12. The molecule has 0 aromatic rings. The number of carbonyl (C=O) groups is 1. The van der Waals surface area contributed by atoms with Gasteiger partial charge in [-0.1, -0.05) is 0 Å². The van der Waals surface area contributed by atoms with E-state index in [4.69, 9.17) is 4.74 Å². The van der Waals surface area contributed by atoms with E-state index in [1.165, 1.54) is 0 Å². The van der Waals surface area contributed by atoms with Gasteiger partial charge in [0.2, 0.25) is 0 Å². The van der Waals surface area contributed by atoms with Crippen LogP contribution in [0.15, 0.2) is 11.8 Å². The summed E-state index contributed by atoms with van der Waals surface area (Å²) in [6.45, 7) is 3.60. The van der Waals surface area contributed by atoms with Gasteiger partial charge >= 0.3 is 5.97 Å². The van der Waals surface area contributed by atoms with Crippen LogP contribution in [0.5, 0.6) is 0 Å². The van der Waals surface area contributed by atoms with E-state index >= 15 is 0 Å². The summed E-state index contributed by atoms with van der Waals surface area (Å²) in [5.74, 6) is 0.556. The van der Waals surface area contributed by atoms with Gasteiger partial charge in [-0.25, -0.2) is 0 Å². The Balaban J connectivity index is 2.69. The standard InChI is InChI=1S/C6H8O2/c1-4-3-5(2)8-6(4)7/h3-4H,1-2H3/t4-/m1/s1. The van der Waals surface area contributed by atoms with Crippen LogP contribution in [-0.2, 0) is 9.53 Å². The normalized spacial score (nSPS) is 27.5. The lowest BCUT2D eigenvalue weighted by Crippen LogP contribution is -2.02. The molecule has 0 saturated heterocycles. The fourth-order valence-corrected chi connectivity index (χ4v) is 0.706. The predicted octanol–water partition coefficient (Wildman–Crippen LogP) is 1.08. The first-order valence-corrected chi connectivity index (χ1v) is 2.60. The summed E-state index contributed by atoms with van der Waals surface area (Å²) in [5, 5.41) is 0. The van der Waals surface area contributed by atoms with Crippen LogP contribution in [0.2, 0.25) is 0 Å². The molecule has 1 heterocycles. The van der Waals surface area contributed by atoms with Gasteiger partial charge in [0.25, 0.3) is 0 Å². The molecule has 0 spiro atoms. The molecular weight excluding hydrogens is 104 g/mol. The highest BCUT2D eigenvalue weighted by molar-refractivity contribution is 5.77. The summed E-state index contributed by atoms with van der Waals surface area (Å²) in [6.07, 6.45) is 1.81. The molecule has 0 amide bonds. The Bertz CT molecular complexity index is 147. The van der Waals surface area contributed by atoms with Crippen molar-refractivity contribution < 1.29 is 9.53 Å². The highest BCUT2D eigenvalue weighted by Crippen LogP contribution is 2.15. The van der Waals surface area contributed by atoms with E-state index in [2.05, 4.69) is 0 Å². The Labute approximate surface area is 48.1 Å². The largest absolute Gasteiger partial charge is 0.431 e. The van der Waals surface area contributed by atoms with E-state index in [0.29, 0.717) is 0 Å². The van der Waals surface area contributed by atoms with Crippen LogP contribution in [0.3, 0.4) is 0 Å². The fourth-order valence-electron chi connectivity index (χ4n) is 0.706. The Morgan fingerprint density at radius 1 is 1.75 bits per heavy atom. The maximum atomic E-state index is 10.5. The van der Waals surface area contributed by atoms with Crippen molar-refractivity contribution in [3.8, 4) is 0 Å². The Kier molecular flexibility index (Phi) is 1.08. The van der Waals surface area contributed by atoms with Gasteiger partial charge in [-0.3, -0.25) is 4.79 Å². The molecule has 0 aliphatic carbocycles. The topological polar surface area (TPSA) is 26.3 Å². The minimum absolute atomic E-state index is 0.0324. The fraction of sp³-hybridized carbons (Fsp3) is 0.500. The highest BCUT2D eigenvalue weighted by Gasteiger charge is 2.19. The molecule has 1 rings (SSSR count). The number of hydrogen-bond acceptors (Lipinski definition) is 2. The van der Waals surface area contributed by atoms with Gasteiger partial charge < -0.3 is 4.74 Å². The van der Waals surface area contributed by atoms with Crippen molar-refractivity contribution in [1.82, 2.24) is 0 Å². The molecular formula is C6H8O2. The van der Waals surface area contributed by atoms with Gasteiger partial charge in [-0.2, -0.15) is 0 Å². The first-order valence-electron chi connectivity index (χ1n) is 2.60. The third kappa shape index (κ3) is 0.735. The monoisotopic (exact) mass is 112 g/mol. The number of cyclic esters (lactones) is 1. The molecule has 0 aromatic heterocycles. The van der Waals surface area contributed by atoms with Gasteiger partial charge in [0.15, 0.2) is 0 Å². The van der Waals surface area contributed by atoms with E-state index in [1.54, 1.807) is 6.92 Å². The van der Waals surface area contributed by atoms with Crippen molar-refractivity contribution in [1.29, 1.82) is 0 Å². The molecule has 1 aliphatic heterocycles. The van der Waals surface area contributed by atoms with Crippen LogP contribution in [0, 0.1) is 5.92 Å². The molecule has 0 saturated carbocycles. The van der Waals surface area contributed by atoms with E-state index < -0.39 is 0 Å². The van der Waals surface area contributed by atoms with E-state index in [-0.39, 0.29) is 11.9 Å². The van der Waals surface area contributed by atoms with E-state index in [9.17, 15) is 4.79 Å². The maximum absolute atomic E-state index is 10.5. The quantitative estimate of drug-likeness (QED) is 0.438. The molecule has 0 unspecified atom stereocenters. The van der Waals surface area contributed by atoms with Crippen LogP contribution in [0.1, 0.15) is 13.8 Å². The Hall–Kier alpha value is -0.790. The molecule has 0 bridgehead atoms. The second-order valence-electron chi connectivity index (χ2n) is 1.99. The molecule has 1 aliphatic rings. The van der Waals surface area contributed by atoms with Crippen molar-refractivity contribution in [2.24, 2.45) is 5.92 Å². The van der Waals surface area contributed by atoms with Crippen LogP contribution < -0.4 is 0 Å². The van der Waals surface area contributed by atoms with Gasteiger partial charge in [-0.15, -0.1) is 0 Å². The minimum atomic E-state index is -0.137. The smallest absolute Gasteiger partial charge is 0.317 e. The first kappa shape index (κ1) is 5.35. The second-order valence-corrected chi connectivity index (χ2v) is 1.99. The van der Waals surface area contributed by atoms with Crippen molar-refractivity contribution in [3.05, 3.63) is 11.8 Å².